The molecule has 1 fully saturated rings. The Labute approximate surface area is 241 Å². The van der Waals surface area contributed by atoms with Crippen molar-refractivity contribution in [3.8, 4) is 11.5 Å². The molecule has 1 heterocycles. The fraction of sp³-hybridized carbons (Fsp3) is 0.207. The average Bonchev–Trinajstić information content (AvgIpc) is 3.17. The maximum absolute atomic E-state index is 12.9. The fourth-order valence-corrected chi connectivity index (χ4v) is 5.05. The lowest BCUT2D eigenvalue weighted by Gasteiger charge is -2.13. The van der Waals surface area contributed by atoms with Gasteiger partial charge >= 0.3 is 5.97 Å². The van der Waals surface area contributed by atoms with Crippen LogP contribution in [0.5, 0.6) is 11.5 Å². The number of aliphatic imine (C=N–C) groups is 1. The molecule has 1 amide bonds. The number of hydrogen-bond donors (Lipinski definition) is 0. The maximum atomic E-state index is 12.9. The summed E-state index contributed by atoms with van der Waals surface area (Å²) in [5.41, 5.74) is 2.64. The van der Waals surface area contributed by atoms with Crippen molar-refractivity contribution in [1.29, 1.82) is 0 Å². The van der Waals surface area contributed by atoms with Gasteiger partial charge in [-0.05, 0) is 85.8 Å². The number of thioether (sulfide) groups is 1. The van der Waals surface area contributed by atoms with Gasteiger partial charge in [0.1, 0.15) is 6.61 Å². The smallest absolute Gasteiger partial charge is 0.338 e. The van der Waals surface area contributed by atoms with Crippen molar-refractivity contribution in [1.82, 2.24) is 4.90 Å². The van der Waals surface area contributed by atoms with Crippen LogP contribution in [0.25, 0.3) is 6.08 Å². The van der Waals surface area contributed by atoms with Crippen molar-refractivity contribution in [3.63, 3.8) is 0 Å². The molecule has 39 heavy (non-hydrogen) atoms. The second kappa shape index (κ2) is 13.1. The van der Waals surface area contributed by atoms with E-state index in [1.807, 2.05) is 25.1 Å². The second-order valence-corrected chi connectivity index (χ2v) is 10.2. The van der Waals surface area contributed by atoms with E-state index in [2.05, 4.69) is 4.99 Å². The number of carbonyl (C=O) groups is 2. The molecule has 3 aromatic rings. The molecule has 202 valence electrons. The first kappa shape index (κ1) is 28.5. The van der Waals surface area contributed by atoms with Crippen LogP contribution in [0.2, 0.25) is 10.0 Å². The average molecular weight is 586 g/mol. The molecule has 0 atom stereocenters. The van der Waals surface area contributed by atoms with Crippen LogP contribution in [0.15, 0.2) is 70.6 Å². The molecule has 7 nitrogen and oxygen atoms in total. The number of ether oxygens (including phenoxy) is 3. The summed E-state index contributed by atoms with van der Waals surface area (Å²) >= 11 is 13.5. The zero-order valence-corrected chi connectivity index (χ0v) is 23.9. The lowest BCUT2D eigenvalue weighted by molar-refractivity contribution is -0.121. The van der Waals surface area contributed by atoms with Crippen molar-refractivity contribution in [2.45, 2.75) is 20.5 Å². The van der Waals surface area contributed by atoms with Crippen LogP contribution in [0.4, 0.5) is 5.69 Å². The number of amides is 1. The van der Waals surface area contributed by atoms with Crippen molar-refractivity contribution >= 4 is 63.8 Å². The summed E-state index contributed by atoms with van der Waals surface area (Å²) < 4.78 is 16.8. The first-order valence-electron chi connectivity index (χ1n) is 12.2. The van der Waals surface area contributed by atoms with Crippen molar-refractivity contribution in [3.05, 3.63) is 92.3 Å². The number of rotatable bonds is 9. The number of hydrogen-bond acceptors (Lipinski definition) is 7. The van der Waals surface area contributed by atoms with E-state index in [0.29, 0.717) is 56.1 Å². The first-order valence-corrected chi connectivity index (χ1v) is 13.7. The van der Waals surface area contributed by atoms with Crippen LogP contribution < -0.4 is 9.47 Å². The quantitative estimate of drug-likeness (QED) is 0.193. The number of benzene rings is 3. The highest BCUT2D eigenvalue weighted by Crippen LogP contribution is 2.36. The van der Waals surface area contributed by atoms with E-state index < -0.39 is 0 Å². The second-order valence-electron chi connectivity index (χ2n) is 8.30. The summed E-state index contributed by atoms with van der Waals surface area (Å²) in [5.74, 6) is 0.552. The normalized spacial score (nSPS) is 15.2. The molecule has 0 aliphatic carbocycles. The fourth-order valence-electron chi connectivity index (χ4n) is 3.60. The summed E-state index contributed by atoms with van der Waals surface area (Å²) in [4.78, 5) is 31.4. The molecule has 3 aromatic carbocycles. The van der Waals surface area contributed by atoms with Crippen molar-refractivity contribution in [2.24, 2.45) is 4.99 Å². The minimum atomic E-state index is -0.388. The van der Waals surface area contributed by atoms with Crippen LogP contribution in [-0.2, 0) is 16.1 Å². The SMILES string of the molecule is CCOC(=O)c1ccc(N=C2SC(=Cc3ccc(OCc4ccc(Cl)cc4Cl)c(OCC)c3)C(=O)N2C)cc1. The zero-order chi connectivity index (χ0) is 27.9. The van der Waals surface area contributed by atoms with E-state index in [4.69, 9.17) is 37.4 Å². The number of likely N-dealkylation sites (N-methyl/N-ethyl adjacent to an activating group) is 1. The Morgan fingerprint density at radius 1 is 0.974 bits per heavy atom. The Kier molecular flexibility index (Phi) is 9.56. The summed E-state index contributed by atoms with van der Waals surface area (Å²) in [5, 5.41) is 1.61. The Morgan fingerprint density at radius 3 is 2.44 bits per heavy atom. The topological polar surface area (TPSA) is 77.4 Å². The highest BCUT2D eigenvalue weighted by molar-refractivity contribution is 8.18. The number of carbonyl (C=O) groups excluding carboxylic acids is 2. The van der Waals surface area contributed by atoms with Crippen LogP contribution >= 0.6 is 35.0 Å². The highest BCUT2D eigenvalue weighted by Gasteiger charge is 2.30. The van der Waals surface area contributed by atoms with Gasteiger partial charge in [0, 0.05) is 22.7 Å². The van der Waals surface area contributed by atoms with Gasteiger partial charge in [0.25, 0.3) is 5.91 Å². The van der Waals surface area contributed by atoms with Gasteiger partial charge in [-0.15, -0.1) is 0 Å². The van der Waals surface area contributed by atoms with Crippen LogP contribution in [0, 0.1) is 0 Å². The molecule has 10 heteroatoms. The third-order valence-corrected chi connectivity index (χ3v) is 7.22. The van der Waals surface area contributed by atoms with Gasteiger partial charge in [-0.1, -0.05) is 35.3 Å². The molecule has 0 unspecified atom stereocenters. The van der Waals surface area contributed by atoms with Gasteiger partial charge in [0.15, 0.2) is 16.7 Å². The lowest BCUT2D eigenvalue weighted by atomic mass is 10.1. The lowest BCUT2D eigenvalue weighted by Crippen LogP contribution is -2.23. The van der Waals surface area contributed by atoms with Crippen LogP contribution in [0.1, 0.15) is 35.3 Å². The minimum Gasteiger partial charge on any atom is -0.490 e. The Morgan fingerprint density at radius 2 is 1.74 bits per heavy atom. The van der Waals surface area contributed by atoms with E-state index in [1.165, 1.54) is 16.7 Å². The van der Waals surface area contributed by atoms with E-state index in [9.17, 15) is 9.59 Å². The van der Waals surface area contributed by atoms with Gasteiger partial charge in [-0.25, -0.2) is 9.79 Å². The molecule has 0 spiro atoms. The van der Waals surface area contributed by atoms with Crippen LogP contribution in [0.3, 0.4) is 0 Å². The molecule has 1 aliphatic rings. The molecule has 0 aromatic heterocycles. The molecular weight excluding hydrogens is 559 g/mol. The molecule has 0 bridgehead atoms. The Bertz CT molecular complexity index is 1440. The van der Waals surface area contributed by atoms with Crippen LogP contribution in [-0.4, -0.2) is 42.2 Å². The third kappa shape index (κ3) is 7.15. The monoisotopic (exact) mass is 584 g/mol. The van der Waals surface area contributed by atoms with E-state index >= 15 is 0 Å². The molecule has 4 rings (SSSR count). The predicted octanol–water partition coefficient (Wildman–Crippen LogP) is 7.38. The van der Waals surface area contributed by atoms with Crippen molar-refractivity contribution < 1.29 is 23.8 Å². The van der Waals surface area contributed by atoms with E-state index in [0.717, 1.165) is 11.1 Å². The van der Waals surface area contributed by atoms with Gasteiger partial charge in [0.2, 0.25) is 0 Å². The number of esters is 1. The molecule has 0 N–H and O–H groups in total. The summed E-state index contributed by atoms with van der Waals surface area (Å²) in [6.45, 7) is 4.64. The molecule has 1 saturated heterocycles. The third-order valence-electron chi connectivity index (χ3n) is 5.57. The largest absolute Gasteiger partial charge is 0.490 e. The molecule has 0 radical (unpaired) electrons. The van der Waals surface area contributed by atoms with Crippen molar-refractivity contribution in [2.75, 3.05) is 20.3 Å². The molecular formula is C29H26Cl2N2O5S. The number of halogens is 2. The van der Waals surface area contributed by atoms with E-state index in [1.54, 1.807) is 62.5 Å². The van der Waals surface area contributed by atoms with E-state index in [-0.39, 0.29) is 18.5 Å². The van der Waals surface area contributed by atoms with Gasteiger partial charge in [-0.2, -0.15) is 0 Å². The maximum Gasteiger partial charge on any atom is 0.338 e. The summed E-state index contributed by atoms with van der Waals surface area (Å²) in [6.07, 6.45) is 1.79. The first-order chi connectivity index (χ1) is 18.8. The Hall–Kier alpha value is -3.46. The van der Waals surface area contributed by atoms with Gasteiger partial charge in [-0.3, -0.25) is 9.69 Å². The highest BCUT2D eigenvalue weighted by atomic mass is 35.5. The zero-order valence-electron chi connectivity index (χ0n) is 21.6. The van der Waals surface area contributed by atoms with Gasteiger partial charge in [0.05, 0.1) is 29.4 Å². The summed E-state index contributed by atoms with van der Waals surface area (Å²) in [7, 11) is 1.67. The number of amidine groups is 1. The molecule has 0 saturated carbocycles. The summed E-state index contributed by atoms with van der Waals surface area (Å²) in [6, 6.07) is 17.4. The minimum absolute atomic E-state index is 0.169. The standard InChI is InChI=1S/C29H26Cl2N2O5S/c1-4-36-25-14-18(6-13-24(25)38-17-20-7-10-21(30)16-23(20)31)15-26-27(34)33(3)29(39-26)32-22-11-8-19(9-12-22)28(35)37-5-2/h6-16H,4-5,17H2,1-3H3. The van der Waals surface area contributed by atoms with Gasteiger partial charge < -0.3 is 14.2 Å². The Balaban J connectivity index is 1.51. The predicted molar refractivity (Wildman–Crippen MR) is 156 cm³/mol. The number of nitrogens with zero attached hydrogens (tertiary/aromatic N) is 2. The molecule has 1 aliphatic heterocycles.